The van der Waals surface area contributed by atoms with E-state index in [4.69, 9.17) is 4.28 Å². The summed E-state index contributed by atoms with van der Waals surface area (Å²) in [7, 11) is -4.08. The molecule has 4 nitrogen and oxygen atoms in total. The molecule has 0 N–H and O–H groups in total. The first kappa shape index (κ1) is 16.6. The van der Waals surface area contributed by atoms with E-state index in [0.29, 0.717) is 24.8 Å². The van der Waals surface area contributed by atoms with Gasteiger partial charge in [-0.15, -0.1) is 0 Å². The van der Waals surface area contributed by atoms with Crippen LogP contribution in [0.15, 0.2) is 46.4 Å². The van der Waals surface area contributed by atoms with Gasteiger partial charge in [-0.05, 0) is 49.9 Å². The number of hydrogen-bond acceptors (Lipinski definition) is 4. The summed E-state index contributed by atoms with van der Waals surface area (Å²) >= 11 is 0. The fourth-order valence-electron chi connectivity index (χ4n) is 2.65. The van der Waals surface area contributed by atoms with Gasteiger partial charge >= 0.3 is 10.1 Å². The lowest BCUT2D eigenvalue weighted by Crippen LogP contribution is -2.16. The van der Waals surface area contributed by atoms with Crippen LogP contribution in [-0.2, 0) is 20.8 Å². The lowest BCUT2D eigenvalue weighted by Gasteiger charge is -2.18. The Morgan fingerprint density at radius 2 is 1.79 bits per heavy atom. The number of halogens is 2. The highest BCUT2D eigenvalue weighted by Gasteiger charge is 2.23. The molecule has 0 spiro atoms. The van der Waals surface area contributed by atoms with Crippen molar-refractivity contribution in [3.05, 3.63) is 64.7 Å². The zero-order chi connectivity index (χ0) is 17.3. The van der Waals surface area contributed by atoms with Gasteiger partial charge in [-0.25, -0.2) is 8.78 Å². The van der Waals surface area contributed by atoms with Gasteiger partial charge in [0, 0.05) is 11.6 Å². The van der Waals surface area contributed by atoms with Gasteiger partial charge in [0.15, 0.2) is 0 Å². The van der Waals surface area contributed by atoms with Crippen molar-refractivity contribution in [1.29, 1.82) is 0 Å². The van der Waals surface area contributed by atoms with Crippen LogP contribution in [-0.4, -0.2) is 14.1 Å². The molecule has 126 valence electrons. The summed E-state index contributed by atoms with van der Waals surface area (Å²) in [6.07, 6.45) is 1.48. The Morgan fingerprint density at radius 1 is 1.08 bits per heavy atom. The third-order valence-electron chi connectivity index (χ3n) is 3.84. The molecule has 2 aromatic rings. The summed E-state index contributed by atoms with van der Waals surface area (Å²) in [4.78, 5) is -0.0342. The topological polar surface area (TPSA) is 55.7 Å². The van der Waals surface area contributed by atoms with Crippen LogP contribution in [0.5, 0.6) is 0 Å². The second-order valence-corrected chi connectivity index (χ2v) is 7.18. The SMILES string of the molecule is Cc1ccc(S(=O)(=O)O/N=C2\CCCc3cc(F)cc(F)c32)cc1. The summed E-state index contributed by atoms with van der Waals surface area (Å²) in [6.45, 7) is 1.83. The van der Waals surface area contributed by atoms with Gasteiger partial charge in [-0.2, -0.15) is 8.42 Å². The van der Waals surface area contributed by atoms with Gasteiger partial charge in [0.1, 0.15) is 16.5 Å². The van der Waals surface area contributed by atoms with Crippen molar-refractivity contribution >= 4 is 15.8 Å². The van der Waals surface area contributed by atoms with Crippen LogP contribution in [0.3, 0.4) is 0 Å². The number of rotatable bonds is 3. The van der Waals surface area contributed by atoms with E-state index in [1.165, 1.54) is 18.2 Å². The van der Waals surface area contributed by atoms with E-state index in [1.807, 2.05) is 6.92 Å². The minimum Gasteiger partial charge on any atom is -0.264 e. The van der Waals surface area contributed by atoms with Crippen molar-refractivity contribution < 1.29 is 21.5 Å². The molecule has 0 aliphatic heterocycles. The molecule has 0 fully saturated rings. The molecule has 2 aromatic carbocycles. The van der Waals surface area contributed by atoms with Crippen LogP contribution in [0.25, 0.3) is 0 Å². The Kier molecular flexibility index (Phi) is 4.36. The molecular formula is C17H15F2NO3S. The Hall–Kier alpha value is -2.28. The van der Waals surface area contributed by atoms with Crippen molar-refractivity contribution in [3.63, 3.8) is 0 Å². The molecule has 7 heteroatoms. The maximum atomic E-state index is 14.0. The van der Waals surface area contributed by atoms with E-state index in [9.17, 15) is 17.2 Å². The van der Waals surface area contributed by atoms with Crippen molar-refractivity contribution in [1.82, 2.24) is 0 Å². The molecule has 0 atom stereocenters. The minimum atomic E-state index is -4.08. The lowest BCUT2D eigenvalue weighted by molar-refractivity contribution is 0.337. The average molecular weight is 351 g/mol. The maximum absolute atomic E-state index is 14.0. The largest absolute Gasteiger partial charge is 0.358 e. The number of fused-ring (bicyclic) bond motifs is 1. The fourth-order valence-corrected chi connectivity index (χ4v) is 3.40. The van der Waals surface area contributed by atoms with E-state index in [1.54, 1.807) is 12.1 Å². The molecule has 0 aromatic heterocycles. The van der Waals surface area contributed by atoms with E-state index >= 15 is 0 Å². The molecule has 0 saturated carbocycles. The zero-order valence-corrected chi connectivity index (χ0v) is 13.7. The van der Waals surface area contributed by atoms with Crippen molar-refractivity contribution in [3.8, 4) is 0 Å². The van der Waals surface area contributed by atoms with Gasteiger partial charge < -0.3 is 0 Å². The van der Waals surface area contributed by atoms with Gasteiger partial charge in [0.05, 0.1) is 5.71 Å². The van der Waals surface area contributed by atoms with Crippen molar-refractivity contribution in [2.75, 3.05) is 0 Å². The van der Waals surface area contributed by atoms with Crippen molar-refractivity contribution in [2.45, 2.75) is 31.1 Å². The molecule has 3 rings (SSSR count). The first-order valence-corrected chi connectivity index (χ1v) is 8.83. The van der Waals surface area contributed by atoms with Gasteiger partial charge in [0.25, 0.3) is 0 Å². The number of nitrogens with zero attached hydrogens (tertiary/aromatic N) is 1. The fraction of sp³-hybridized carbons (Fsp3) is 0.235. The standard InChI is InChI=1S/C17H15F2NO3S/c1-11-5-7-14(8-6-11)24(21,22)23-20-16-4-2-3-12-9-13(18)10-15(19)17(12)16/h5-10H,2-4H2,1H3/b20-16+. The van der Waals surface area contributed by atoms with Gasteiger partial charge in [-0.1, -0.05) is 22.9 Å². The molecule has 1 aliphatic rings. The minimum absolute atomic E-state index is 0.0342. The second-order valence-electron chi connectivity index (χ2n) is 5.65. The summed E-state index contributed by atoms with van der Waals surface area (Å²) in [6, 6.07) is 8.10. The Labute approximate surface area is 138 Å². The first-order valence-electron chi connectivity index (χ1n) is 7.42. The molecule has 1 aliphatic carbocycles. The third kappa shape index (κ3) is 3.31. The summed E-state index contributed by atoms with van der Waals surface area (Å²) < 4.78 is 56.4. The molecule has 0 heterocycles. The van der Waals surface area contributed by atoms with E-state index in [0.717, 1.165) is 11.6 Å². The van der Waals surface area contributed by atoms with Crippen LogP contribution in [0.4, 0.5) is 8.78 Å². The first-order chi connectivity index (χ1) is 11.4. The second kappa shape index (κ2) is 6.32. The van der Waals surface area contributed by atoms with Crippen LogP contribution in [0, 0.1) is 18.6 Å². The molecule has 24 heavy (non-hydrogen) atoms. The van der Waals surface area contributed by atoms with E-state index in [-0.39, 0.29) is 16.2 Å². The molecule has 0 bridgehead atoms. The maximum Gasteiger partial charge on any atom is 0.358 e. The normalized spacial score (nSPS) is 16.0. The summed E-state index contributed by atoms with van der Waals surface area (Å²) in [5.41, 5.74) is 1.67. The monoisotopic (exact) mass is 351 g/mol. The van der Waals surface area contributed by atoms with Crippen LogP contribution >= 0.6 is 0 Å². The van der Waals surface area contributed by atoms with E-state index < -0.39 is 21.8 Å². The highest BCUT2D eigenvalue weighted by Crippen LogP contribution is 2.26. The third-order valence-corrected chi connectivity index (χ3v) is 4.96. The Bertz CT molecular complexity index is 906. The Morgan fingerprint density at radius 3 is 2.50 bits per heavy atom. The van der Waals surface area contributed by atoms with Crippen LogP contribution in [0.2, 0.25) is 0 Å². The summed E-state index contributed by atoms with van der Waals surface area (Å²) in [5.74, 6) is -1.43. The molecule has 0 radical (unpaired) electrons. The van der Waals surface area contributed by atoms with Crippen LogP contribution < -0.4 is 0 Å². The predicted molar refractivity (Wildman–Crippen MR) is 85.3 cm³/mol. The van der Waals surface area contributed by atoms with Gasteiger partial charge in [0.2, 0.25) is 0 Å². The average Bonchev–Trinajstić information content (AvgIpc) is 2.53. The molecule has 0 unspecified atom stereocenters. The van der Waals surface area contributed by atoms with E-state index in [2.05, 4.69) is 5.16 Å². The quantitative estimate of drug-likeness (QED) is 0.792. The highest BCUT2D eigenvalue weighted by atomic mass is 32.2. The smallest absolute Gasteiger partial charge is 0.264 e. The van der Waals surface area contributed by atoms with Gasteiger partial charge in [-0.3, -0.25) is 4.28 Å². The molecule has 0 amide bonds. The number of oxime groups is 1. The predicted octanol–water partition coefficient (Wildman–Crippen LogP) is 3.72. The van der Waals surface area contributed by atoms with Crippen LogP contribution in [0.1, 0.15) is 29.5 Å². The molecule has 0 saturated heterocycles. The number of aryl methyl sites for hydroxylation is 2. The lowest BCUT2D eigenvalue weighted by atomic mass is 9.89. The number of hydrogen-bond donors (Lipinski definition) is 0. The van der Waals surface area contributed by atoms with Crippen molar-refractivity contribution in [2.24, 2.45) is 5.16 Å². The highest BCUT2D eigenvalue weighted by molar-refractivity contribution is 7.86. The Balaban J connectivity index is 1.93. The summed E-state index contributed by atoms with van der Waals surface area (Å²) in [5, 5.41) is 3.65. The molecular weight excluding hydrogens is 336 g/mol. The zero-order valence-electron chi connectivity index (χ0n) is 12.9. The number of benzene rings is 2.